The molecule has 6 heteroatoms. The summed E-state index contributed by atoms with van der Waals surface area (Å²) in [6, 6.07) is 17.8. The highest BCUT2D eigenvalue weighted by atomic mass is 16.2. The van der Waals surface area contributed by atoms with Crippen LogP contribution in [0.2, 0.25) is 0 Å². The van der Waals surface area contributed by atoms with Crippen molar-refractivity contribution in [2.45, 2.75) is 18.9 Å². The van der Waals surface area contributed by atoms with Crippen LogP contribution in [0.5, 0.6) is 0 Å². The van der Waals surface area contributed by atoms with E-state index >= 15 is 0 Å². The summed E-state index contributed by atoms with van der Waals surface area (Å²) >= 11 is 0. The SMILES string of the molecule is CN1C(=O)CCC(C(=O)NNC(=O)c2ccccc2)C1c1ccccc1. The standard InChI is InChI=1S/C20H21N3O3/c1-23-17(24)13-12-16(18(23)14-8-4-2-5-9-14)20(26)22-21-19(25)15-10-6-3-7-11-15/h2-11,16,18H,12-13H2,1H3,(H,21,25)(H,22,26). The van der Waals surface area contributed by atoms with Crippen molar-refractivity contribution in [1.82, 2.24) is 15.8 Å². The summed E-state index contributed by atoms with van der Waals surface area (Å²) < 4.78 is 0. The monoisotopic (exact) mass is 351 g/mol. The predicted octanol–water partition coefficient (Wildman–Crippen LogP) is 2.06. The molecule has 2 aromatic carbocycles. The summed E-state index contributed by atoms with van der Waals surface area (Å²) in [5.74, 6) is -1.11. The Balaban J connectivity index is 1.72. The fourth-order valence-corrected chi connectivity index (χ4v) is 3.29. The molecule has 3 amide bonds. The maximum Gasteiger partial charge on any atom is 0.269 e. The van der Waals surface area contributed by atoms with Crippen LogP contribution >= 0.6 is 0 Å². The van der Waals surface area contributed by atoms with Gasteiger partial charge < -0.3 is 4.90 Å². The van der Waals surface area contributed by atoms with Gasteiger partial charge in [-0.3, -0.25) is 25.2 Å². The molecule has 134 valence electrons. The smallest absolute Gasteiger partial charge is 0.269 e. The quantitative estimate of drug-likeness (QED) is 0.831. The lowest BCUT2D eigenvalue weighted by atomic mass is 9.84. The van der Waals surface area contributed by atoms with Gasteiger partial charge in [-0.2, -0.15) is 0 Å². The van der Waals surface area contributed by atoms with E-state index in [9.17, 15) is 14.4 Å². The van der Waals surface area contributed by atoms with Gasteiger partial charge in [0.1, 0.15) is 0 Å². The Labute approximate surface area is 152 Å². The van der Waals surface area contributed by atoms with E-state index in [0.717, 1.165) is 5.56 Å². The molecule has 1 aliphatic heterocycles. The van der Waals surface area contributed by atoms with Crippen LogP contribution in [0.15, 0.2) is 60.7 Å². The van der Waals surface area contributed by atoms with Crippen molar-refractivity contribution in [3.8, 4) is 0 Å². The lowest BCUT2D eigenvalue weighted by Crippen LogP contribution is -2.50. The van der Waals surface area contributed by atoms with Gasteiger partial charge in [-0.1, -0.05) is 48.5 Å². The second-order valence-corrected chi connectivity index (χ2v) is 6.31. The van der Waals surface area contributed by atoms with E-state index in [-0.39, 0.29) is 23.8 Å². The molecule has 1 saturated heterocycles. The van der Waals surface area contributed by atoms with E-state index < -0.39 is 5.92 Å². The van der Waals surface area contributed by atoms with Crippen LogP contribution < -0.4 is 10.9 Å². The van der Waals surface area contributed by atoms with Gasteiger partial charge in [0.25, 0.3) is 5.91 Å². The van der Waals surface area contributed by atoms with Crippen molar-refractivity contribution in [3.05, 3.63) is 71.8 Å². The minimum absolute atomic E-state index is 0.0104. The summed E-state index contributed by atoms with van der Waals surface area (Å²) in [4.78, 5) is 38.6. The number of amides is 3. The molecule has 3 rings (SSSR count). The third kappa shape index (κ3) is 3.74. The third-order valence-corrected chi connectivity index (χ3v) is 4.67. The largest absolute Gasteiger partial charge is 0.338 e. The predicted molar refractivity (Wildman–Crippen MR) is 96.7 cm³/mol. The Morgan fingerprint density at radius 3 is 2.23 bits per heavy atom. The average molecular weight is 351 g/mol. The Hall–Kier alpha value is -3.15. The minimum Gasteiger partial charge on any atom is -0.338 e. The lowest BCUT2D eigenvalue weighted by molar-refractivity contribution is -0.142. The molecule has 0 bridgehead atoms. The van der Waals surface area contributed by atoms with E-state index in [0.29, 0.717) is 18.4 Å². The summed E-state index contributed by atoms with van der Waals surface area (Å²) in [6.07, 6.45) is 0.750. The minimum atomic E-state index is -0.434. The molecule has 0 aromatic heterocycles. The van der Waals surface area contributed by atoms with Crippen LogP contribution in [-0.4, -0.2) is 29.7 Å². The van der Waals surface area contributed by atoms with Gasteiger partial charge in [0.15, 0.2) is 0 Å². The summed E-state index contributed by atoms with van der Waals surface area (Å²) in [6.45, 7) is 0. The van der Waals surface area contributed by atoms with Crippen LogP contribution in [-0.2, 0) is 9.59 Å². The van der Waals surface area contributed by atoms with Crippen molar-refractivity contribution in [2.75, 3.05) is 7.05 Å². The van der Waals surface area contributed by atoms with Crippen molar-refractivity contribution in [1.29, 1.82) is 0 Å². The highest BCUT2D eigenvalue weighted by molar-refractivity contribution is 5.95. The Kier molecular flexibility index (Phi) is 5.31. The number of piperidine rings is 1. The number of carbonyl (C=O) groups is 3. The molecular formula is C20H21N3O3. The normalized spacial score (nSPS) is 19.7. The average Bonchev–Trinajstić information content (AvgIpc) is 2.69. The van der Waals surface area contributed by atoms with Gasteiger partial charge in [-0.05, 0) is 24.1 Å². The topological polar surface area (TPSA) is 78.5 Å². The van der Waals surface area contributed by atoms with Gasteiger partial charge in [-0.15, -0.1) is 0 Å². The Morgan fingerprint density at radius 1 is 0.962 bits per heavy atom. The number of hydrogen-bond donors (Lipinski definition) is 2. The maximum absolute atomic E-state index is 12.7. The Bertz CT molecular complexity index is 792. The highest BCUT2D eigenvalue weighted by Crippen LogP contribution is 2.35. The third-order valence-electron chi connectivity index (χ3n) is 4.67. The van der Waals surface area contributed by atoms with E-state index in [1.807, 2.05) is 36.4 Å². The molecule has 2 N–H and O–H groups in total. The number of carbonyl (C=O) groups excluding carboxylic acids is 3. The Morgan fingerprint density at radius 2 is 1.58 bits per heavy atom. The van der Waals surface area contributed by atoms with Crippen LogP contribution in [0, 0.1) is 5.92 Å². The lowest BCUT2D eigenvalue weighted by Gasteiger charge is -2.38. The van der Waals surface area contributed by atoms with Crippen LogP contribution in [0.1, 0.15) is 34.8 Å². The summed E-state index contributed by atoms with van der Waals surface area (Å²) in [7, 11) is 1.71. The molecule has 2 atom stereocenters. The molecule has 6 nitrogen and oxygen atoms in total. The van der Waals surface area contributed by atoms with Gasteiger partial charge in [0.2, 0.25) is 11.8 Å². The molecule has 0 aliphatic carbocycles. The number of nitrogens with one attached hydrogen (secondary N) is 2. The van der Waals surface area contributed by atoms with Crippen molar-refractivity contribution < 1.29 is 14.4 Å². The molecule has 1 heterocycles. The first kappa shape index (κ1) is 17.7. The van der Waals surface area contributed by atoms with E-state index in [2.05, 4.69) is 10.9 Å². The first-order chi connectivity index (χ1) is 12.6. The van der Waals surface area contributed by atoms with Gasteiger partial charge in [-0.25, -0.2) is 0 Å². The number of benzene rings is 2. The first-order valence-electron chi connectivity index (χ1n) is 8.54. The van der Waals surface area contributed by atoms with Gasteiger partial charge in [0.05, 0.1) is 12.0 Å². The second-order valence-electron chi connectivity index (χ2n) is 6.31. The highest BCUT2D eigenvalue weighted by Gasteiger charge is 2.38. The van der Waals surface area contributed by atoms with Crippen LogP contribution in [0.25, 0.3) is 0 Å². The number of likely N-dealkylation sites (tertiary alicyclic amines) is 1. The molecule has 2 aromatic rings. The number of hydrazine groups is 1. The van der Waals surface area contributed by atoms with Gasteiger partial charge >= 0.3 is 0 Å². The molecule has 0 radical (unpaired) electrons. The zero-order valence-electron chi connectivity index (χ0n) is 14.5. The maximum atomic E-state index is 12.7. The van der Waals surface area contributed by atoms with Crippen molar-refractivity contribution >= 4 is 17.7 Å². The molecule has 1 fully saturated rings. The number of rotatable bonds is 3. The second kappa shape index (κ2) is 7.82. The molecular weight excluding hydrogens is 330 g/mol. The first-order valence-corrected chi connectivity index (χ1v) is 8.54. The number of hydrogen-bond acceptors (Lipinski definition) is 3. The van der Waals surface area contributed by atoms with E-state index in [4.69, 9.17) is 0 Å². The molecule has 26 heavy (non-hydrogen) atoms. The van der Waals surface area contributed by atoms with Crippen LogP contribution in [0.4, 0.5) is 0 Å². The van der Waals surface area contributed by atoms with Crippen molar-refractivity contribution in [3.63, 3.8) is 0 Å². The van der Waals surface area contributed by atoms with Gasteiger partial charge in [0, 0.05) is 19.0 Å². The molecule has 0 spiro atoms. The fraction of sp³-hybridized carbons (Fsp3) is 0.250. The van der Waals surface area contributed by atoms with E-state index in [1.165, 1.54) is 0 Å². The zero-order valence-corrected chi connectivity index (χ0v) is 14.5. The summed E-state index contributed by atoms with van der Waals surface area (Å²) in [5.41, 5.74) is 6.32. The van der Waals surface area contributed by atoms with Crippen LogP contribution in [0.3, 0.4) is 0 Å². The molecule has 2 unspecified atom stereocenters. The zero-order chi connectivity index (χ0) is 18.5. The summed E-state index contributed by atoms with van der Waals surface area (Å²) in [5, 5.41) is 0. The molecule has 1 aliphatic rings. The van der Waals surface area contributed by atoms with Crippen molar-refractivity contribution in [2.24, 2.45) is 5.92 Å². The molecule has 0 saturated carbocycles. The van der Waals surface area contributed by atoms with E-state index in [1.54, 1.807) is 36.2 Å². The fourth-order valence-electron chi connectivity index (χ4n) is 3.29. The number of nitrogens with zero attached hydrogens (tertiary/aromatic N) is 1.